The maximum absolute atomic E-state index is 13.4. The van der Waals surface area contributed by atoms with E-state index in [-0.39, 0.29) is 5.69 Å². The van der Waals surface area contributed by atoms with Crippen LogP contribution in [0.2, 0.25) is 0 Å². The van der Waals surface area contributed by atoms with Crippen LogP contribution in [0.4, 0.5) is 21.5 Å². The van der Waals surface area contributed by atoms with Crippen molar-refractivity contribution in [3.05, 3.63) is 63.5 Å². The summed E-state index contributed by atoms with van der Waals surface area (Å²) in [5.41, 5.74) is 3.59. The molecule has 102 valence electrons. The van der Waals surface area contributed by atoms with Crippen LogP contribution in [-0.2, 0) is 12.8 Å². The molecule has 5 heteroatoms. The van der Waals surface area contributed by atoms with Crippen molar-refractivity contribution in [1.82, 2.24) is 0 Å². The highest BCUT2D eigenvalue weighted by Crippen LogP contribution is 2.28. The van der Waals surface area contributed by atoms with Gasteiger partial charge in [0, 0.05) is 17.4 Å². The standard InChI is InChI=1S/C15H13FN2O2/c16-12-7-14(9-15(8-12)18(19)20)17-13-5-4-10-2-1-3-11(10)6-13/h4-9,17H,1-3H2. The van der Waals surface area contributed by atoms with E-state index in [1.54, 1.807) is 0 Å². The van der Waals surface area contributed by atoms with Gasteiger partial charge in [0.05, 0.1) is 11.0 Å². The normalized spacial score (nSPS) is 13.1. The number of halogens is 1. The topological polar surface area (TPSA) is 55.2 Å². The molecule has 0 amide bonds. The van der Waals surface area contributed by atoms with Crippen LogP contribution in [0.1, 0.15) is 17.5 Å². The molecular weight excluding hydrogens is 259 g/mol. The molecule has 0 saturated heterocycles. The molecular formula is C15H13FN2O2. The molecule has 1 aliphatic carbocycles. The van der Waals surface area contributed by atoms with Crippen molar-refractivity contribution in [2.75, 3.05) is 5.32 Å². The smallest absolute Gasteiger partial charge is 0.274 e. The number of hydrogen-bond acceptors (Lipinski definition) is 3. The predicted octanol–water partition coefficient (Wildman–Crippen LogP) is 3.97. The van der Waals surface area contributed by atoms with Gasteiger partial charge in [-0.2, -0.15) is 0 Å². The molecule has 1 aliphatic rings. The van der Waals surface area contributed by atoms with Gasteiger partial charge in [0.25, 0.3) is 5.69 Å². The van der Waals surface area contributed by atoms with Gasteiger partial charge in [-0.15, -0.1) is 0 Å². The van der Waals surface area contributed by atoms with E-state index < -0.39 is 10.7 Å². The SMILES string of the molecule is O=[N+]([O-])c1cc(F)cc(Nc2ccc3c(c2)CCC3)c1. The van der Waals surface area contributed by atoms with Gasteiger partial charge >= 0.3 is 0 Å². The Bertz CT molecular complexity index is 686. The molecule has 1 N–H and O–H groups in total. The summed E-state index contributed by atoms with van der Waals surface area (Å²) >= 11 is 0. The highest BCUT2D eigenvalue weighted by Gasteiger charge is 2.12. The molecule has 0 heterocycles. The number of benzene rings is 2. The maximum Gasteiger partial charge on any atom is 0.274 e. The number of fused-ring (bicyclic) bond motifs is 1. The lowest BCUT2D eigenvalue weighted by Gasteiger charge is -2.08. The molecule has 3 rings (SSSR count). The van der Waals surface area contributed by atoms with Crippen LogP contribution >= 0.6 is 0 Å². The zero-order chi connectivity index (χ0) is 14.1. The van der Waals surface area contributed by atoms with E-state index >= 15 is 0 Å². The number of aryl methyl sites for hydroxylation is 2. The first-order chi connectivity index (χ1) is 9.61. The second-order valence-electron chi connectivity index (χ2n) is 4.92. The van der Waals surface area contributed by atoms with Crippen molar-refractivity contribution in [2.24, 2.45) is 0 Å². The lowest BCUT2D eigenvalue weighted by atomic mass is 10.1. The summed E-state index contributed by atoms with van der Waals surface area (Å²) in [6.45, 7) is 0. The molecule has 20 heavy (non-hydrogen) atoms. The Morgan fingerprint density at radius 2 is 1.85 bits per heavy atom. The molecule has 4 nitrogen and oxygen atoms in total. The molecule has 0 aliphatic heterocycles. The van der Waals surface area contributed by atoms with Crippen LogP contribution in [0.15, 0.2) is 36.4 Å². The summed E-state index contributed by atoms with van der Waals surface area (Å²) in [6.07, 6.45) is 3.30. The summed E-state index contributed by atoms with van der Waals surface area (Å²) in [4.78, 5) is 10.1. The third-order valence-electron chi connectivity index (χ3n) is 3.48. The van der Waals surface area contributed by atoms with Gasteiger partial charge in [0.1, 0.15) is 5.82 Å². The molecule has 0 fully saturated rings. The van der Waals surface area contributed by atoms with E-state index in [0.29, 0.717) is 5.69 Å². The molecule has 0 radical (unpaired) electrons. The molecule has 0 atom stereocenters. The Hall–Kier alpha value is -2.43. The summed E-state index contributed by atoms with van der Waals surface area (Å²) in [6, 6.07) is 9.49. The van der Waals surface area contributed by atoms with E-state index in [2.05, 4.69) is 11.4 Å². The molecule has 2 aromatic carbocycles. The van der Waals surface area contributed by atoms with Gasteiger partial charge in [0.2, 0.25) is 0 Å². The van der Waals surface area contributed by atoms with E-state index in [1.165, 1.54) is 23.3 Å². The Morgan fingerprint density at radius 3 is 2.65 bits per heavy atom. The van der Waals surface area contributed by atoms with Gasteiger partial charge in [-0.3, -0.25) is 10.1 Å². The predicted molar refractivity (Wildman–Crippen MR) is 74.8 cm³/mol. The van der Waals surface area contributed by atoms with Crippen molar-refractivity contribution in [3.8, 4) is 0 Å². The zero-order valence-electron chi connectivity index (χ0n) is 10.7. The quantitative estimate of drug-likeness (QED) is 0.679. The Labute approximate surface area is 115 Å². The summed E-state index contributed by atoms with van der Waals surface area (Å²) < 4.78 is 13.4. The third-order valence-corrected chi connectivity index (χ3v) is 3.48. The van der Waals surface area contributed by atoms with E-state index in [1.807, 2.05) is 12.1 Å². The largest absolute Gasteiger partial charge is 0.355 e. The fourth-order valence-corrected chi connectivity index (χ4v) is 2.57. The molecule has 0 saturated carbocycles. The minimum absolute atomic E-state index is 0.256. The second kappa shape index (κ2) is 4.92. The van der Waals surface area contributed by atoms with E-state index in [0.717, 1.165) is 31.0 Å². The number of nitro benzene ring substituents is 1. The maximum atomic E-state index is 13.4. The first-order valence-electron chi connectivity index (χ1n) is 6.45. The van der Waals surface area contributed by atoms with Crippen LogP contribution < -0.4 is 5.32 Å². The first kappa shape index (κ1) is 12.6. The number of nitrogens with zero attached hydrogens (tertiary/aromatic N) is 1. The van der Waals surface area contributed by atoms with Crippen molar-refractivity contribution in [3.63, 3.8) is 0 Å². The van der Waals surface area contributed by atoms with Crippen molar-refractivity contribution in [2.45, 2.75) is 19.3 Å². The fourth-order valence-electron chi connectivity index (χ4n) is 2.57. The van der Waals surface area contributed by atoms with E-state index in [4.69, 9.17) is 0 Å². The van der Waals surface area contributed by atoms with Crippen molar-refractivity contribution in [1.29, 1.82) is 0 Å². The van der Waals surface area contributed by atoms with Crippen LogP contribution in [0.3, 0.4) is 0 Å². The van der Waals surface area contributed by atoms with Gasteiger partial charge in [0.15, 0.2) is 0 Å². The average molecular weight is 272 g/mol. The van der Waals surface area contributed by atoms with Gasteiger partial charge in [-0.1, -0.05) is 6.07 Å². The van der Waals surface area contributed by atoms with Crippen LogP contribution in [-0.4, -0.2) is 4.92 Å². The number of anilines is 2. The lowest BCUT2D eigenvalue weighted by molar-refractivity contribution is -0.385. The first-order valence-corrected chi connectivity index (χ1v) is 6.45. The fraction of sp³-hybridized carbons (Fsp3) is 0.200. The third kappa shape index (κ3) is 2.47. The average Bonchev–Trinajstić information content (AvgIpc) is 2.85. The summed E-state index contributed by atoms with van der Waals surface area (Å²) in [7, 11) is 0. The molecule has 2 aromatic rings. The van der Waals surface area contributed by atoms with Gasteiger partial charge < -0.3 is 5.32 Å². The van der Waals surface area contributed by atoms with Crippen molar-refractivity contribution >= 4 is 17.1 Å². The molecule has 0 bridgehead atoms. The minimum atomic E-state index is -0.622. The number of rotatable bonds is 3. The number of nitrogens with one attached hydrogen (secondary N) is 1. The molecule has 0 spiro atoms. The number of non-ortho nitro benzene ring substituents is 1. The second-order valence-corrected chi connectivity index (χ2v) is 4.92. The van der Waals surface area contributed by atoms with Crippen LogP contribution in [0.25, 0.3) is 0 Å². The highest BCUT2D eigenvalue weighted by molar-refractivity contribution is 5.64. The number of nitro groups is 1. The summed E-state index contributed by atoms with van der Waals surface area (Å²) in [5, 5.41) is 13.7. The Morgan fingerprint density at radius 1 is 1.05 bits per heavy atom. The lowest BCUT2D eigenvalue weighted by Crippen LogP contribution is -1.95. The van der Waals surface area contributed by atoms with Crippen LogP contribution in [0, 0.1) is 15.9 Å². The Balaban J connectivity index is 1.89. The Kier molecular flexibility index (Phi) is 3.10. The number of hydrogen-bond donors (Lipinski definition) is 1. The monoisotopic (exact) mass is 272 g/mol. The van der Waals surface area contributed by atoms with E-state index in [9.17, 15) is 14.5 Å². The minimum Gasteiger partial charge on any atom is -0.355 e. The highest BCUT2D eigenvalue weighted by atomic mass is 19.1. The van der Waals surface area contributed by atoms with Crippen molar-refractivity contribution < 1.29 is 9.31 Å². The zero-order valence-corrected chi connectivity index (χ0v) is 10.7. The van der Waals surface area contributed by atoms with Crippen LogP contribution in [0.5, 0.6) is 0 Å². The van der Waals surface area contributed by atoms with Gasteiger partial charge in [-0.25, -0.2) is 4.39 Å². The molecule has 0 unspecified atom stereocenters. The molecule has 0 aromatic heterocycles. The van der Waals surface area contributed by atoms with Gasteiger partial charge in [-0.05, 0) is 48.6 Å². The summed E-state index contributed by atoms with van der Waals surface area (Å²) in [5.74, 6) is -0.622.